The van der Waals surface area contributed by atoms with E-state index >= 15 is 0 Å². The smallest absolute Gasteiger partial charge is 0.270 e. The van der Waals surface area contributed by atoms with Gasteiger partial charge in [-0.25, -0.2) is 0 Å². The van der Waals surface area contributed by atoms with E-state index < -0.39 is 4.92 Å². The molecule has 0 aliphatic carbocycles. The highest BCUT2D eigenvalue weighted by molar-refractivity contribution is 5.43. The summed E-state index contributed by atoms with van der Waals surface area (Å²) < 4.78 is 10.6. The summed E-state index contributed by atoms with van der Waals surface area (Å²) in [5.74, 6) is 0.604. The highest BCUT2D eigenvalue weighted by atomic mass is 16.7. The molecule has 1 aromatic carbocycles. The van der Waals surface area contributed by atoms with Crippen molar-refractivity contribution in [3.63, 3.8) is 0 Å². The standard InChI is InChI=1S/C13H20N2O4/c1-4-18-9-19-13-6-5-12(15(16)17)7-11(13)8-14-10(2)3/h5-7,10,14H,4,8-9H2,1-3H3. The van der Waals surface area contributed by atoms with Gasteiger partial charge in [-0.3, -0.25) is 10.1 Å². The van der Waals surface area contributed by atoms with Crippen LogP contribution in [-0.2, 0) is 11.3 Å². The molecule has 0 fully saturated rings. The summed E-state index contributed by atoms with van der Waals surface area (Å²) in [4.78, 5) is 10.4. The molecule has 1 aromatic rings. The van der Waals surface area contributed by atoms with E-state index in [9.17, 15) is 10.1 Å². The van der Waals surface area contributed by atoms with Crippen LogP contribution < -0.4 is 10.1 Å². The molecule has 1 rings (SSSR count). The largest absolute Gasteiger partial charge is 0.467 e. The van der Waals surface area contributed by atoms with E-state index in [0.29, 0.717) is 24.9 Å². The van der Waals surface area contributed by atoms with Crippen molar-refractivity contribution in [2.45, 2.75) is 33.4 Å². The van der Waals surface area contributed by atoms with Gasteiger partial charge in [-0.05, 0) is 13.0 Å². The maximum atomic E-state index is 10.8. The molecule has 106 valence electrons. The Bertz CT molecular complexity index is 421. The lowest BCUT2D eigenvalue weighted by atomic mass is 10.1. The zero-order valence-electron chi connectivity index (χ0n) is 11.5. The van der Waals surface area contributed by atoms with Crippen LogP contribution in [0.3, 0.4) is 0 Å². The Morgan fingerprint density at radius 3 is 2.74 bits per heavy atom. The maximum Gasteiger partial charge on any atom is 0.270 e. The minimum Gasteiger partial charge on any atom is -0.467 e. The molecule has 0 radical (unpaired) electrons. The summed E-state index contributed by atoms with van der Waals surface area (Å²) in [6, 6.07) is 4.85. The van der Waals surface area contributed by atoms with Crippen molar-refractivity contribution in [1.82, 2.24) is 5.32 Å². The van der Waals surface area contributed by atoms with E-state index in [1.54, 1.807) is 6.07 Å². The Labute approximate surface area is 112 Å². The molecule has 0 heterocycles. The Balaban J connectivity index is 2.84. The first-order valence-electron chi connectivity index (χ1n) is 6.25. The van der Waals surface area contributed by atoms with Crippen molar-refractivity contribution >= 4 is 5.69 Å². The molecule has 0 aromatic heterocycles. The topological polar surface area (TPSA) is 73.6 Å². The molecule has 0 bridgehead atoms. The summed E-state index contributed by atoms with van der Waals surface area (Å²) in [7, 11) is 0. The van der Waals surface area contributed by atoms with Gasteiger partial charge in [-0.1, -0.05) is 13.8 Å². The van der Waals surface area contributed by atoms with Crippen LogP contribution in [-0.4, -0.2) is 24.4 Å². The zero-order valence-corrected chi connectivity index (χ0v) is 11.5. The third-order valence-electron chi connectivity index (χ3n) is 2.46. The number of hydrogen-bond donors (Lipinski definition) is 1. The fourth-order valence-electron chi connectivity index (χ4n) is 1.46. The van der Waals surface area contributed by atoms with E-state index in [2.05, 4.69) is 5.32 Å². The number of rotatable bonds is 8. The Kier molecular flexibility index (Phi) is 6.24. The predicted octanol–water partition coefficient (Wildman–Crippen LogP) is 2.47. The molecule has 0 saturated heterocycles. The Hall–Kier alpha value is -1.66. The number of ether oxygens (including phenoxy) is 2. The minimum atomic E-state index is -0.412. The number of benzene rings is 1. The van der Waals surface area contributed by atoms with Gasteiger partial charge in [0.2, 0.25) is 0 Å². The average Bonchev–Trinajstić information content (AvgIpc) is 2.37. The molecule has 6 nitrogen and oxygen atoms in total. The van der Waals surface area contributed by atoms with Crippen LogP contribution in [0.25, 0.3) is 0 Å². The SMILES string of the molecule is CCOCOc1ccc([N+](=O)[O-])cc1CNC(C)C. The van der Waals surface area contributed by atoms with Crippen molar-refractivity contribution < 1.29 is 14.4 Å². The summed E-state index contributed by atoms with van der Waals surface area (Å²) >= 11 is 0. The van der Waals surface area contributed by atoms with Crippen molar-refractivity contribution in [3.8, 4) is 5.75 Å². The fourth-order valence-corrected chi connectivity index (χ4v) is 1.46. The van der Waals surface area contributed by atoms with Gasteiger partial charge in [0.1, 0.15) is 5.75 Å². The van der Waals surface area contributed by atoms with Crippen LogP contribution in [0.5, 0.6) is 5.75 Å². The second kappa shape index (κ2) is 7.70. The van der Waals surface area contributed by atoms with E-state index in [4.69, 9.17) is 9.47 Å². The summed E-state index contributed by atoms with van der Waals surface area (Å²) in [5.41, 5.74) is 0.812. The minimum absolute atomic E-state index is 0.0596. The molecule has 19 heavy (non-hydrogen) atoms. The van der Waals surface area contributed by atoms with E-state index in [1.165, 1.54) is 12.1 Å². The van der Waals surface area contributed by atoms with E-state index in [-0.39, 0.29) is 12.5 Å². The summed E-state index contributed by atoms with van der Waals surface area (Å²) in [6.45, 7) is 7.12. The molecule has 0 amide bonds. The molecule has 0 unspecified atom stereocenters. The molecule has 0 spiro atoms. The number of nitrogens with zero attached hydrogens (tertiary/aromatic N) is 1. The molecule has 0 atom stereocenters. The first-order valence-corrected chi connectivity index (χ1v) is 6.25. The fraction of sp³-hybridized carbons (Fsp3) is 0.538. The lowest BCUT2D eigenvalue weighted by Gasteiger charge is -2.13. The zero-order chi connectivity index (χ0) is 14.3. The normalized spacial score (nSPS) is 10.7. The number of hydrogen-bond acceptors (Lipinski definition) is 5. The van der Waals surface area contributed by atoms with Gasteiger partial charge in [0.05, 0.1) is 4.92 Å². The molecule has 0 saturated carbocycles. The van der Waals surface area contributed by atoms with E-state index in [1.807, 2.05) is 20.8 Å². The lowest BCUT2D eigenvalue weighted by molar-refractivity contribution is -0.384. The Morgan fingerprint density at radius 2 is 2.16 bits per heavy atom. The molecular formula is C13H20N2O4. The monoisotopic (exact) mass is 268 g/mol. The Morgan fingerprint density at radius 1 is 1.42 bits per heavy atom. The molecule has 6 heteroatoms. The first-order chi connectivity index (χ1) is 9.04. The van der Waals surface area contributed by atoms with Crippen molar-refractivity contribution in [2.24, 2.45) is 0 Å². The number of non-ortho nitro benzene ring substituents is 1. The van der Waals surface area contributed by atoms with Gasteiger partial charge in [0, 0.05) is 36.9 Å². The van der Waals surface area contributed by atoms with Crippen molar-refractivity contribution in [3.05, 3.63) is 33.9 Å². The van der Waals surface area contributed by atoms with Gasteiger partial charge < -0.3 is 14.8 Å². The predicted molar refractivity (Wildman–Crippen MR) is 72.2 cm³/mol. The van der Waals surface area contributed by atoms with Crippen LogP contribution in [0.15, 0.2) is 18.2 Å². The van der Waals surface area contributed by atoms with Crippen LogP contribution >= 0.6 is 0 Å². The van der Waals surface area contributed by atoms with Crippen LogP contribution in [0.2, 0.25) is 0 Å². The molecule has 0 aliphatic heterocycles. The van der Waals surface area contributed by atoms with Gasteiger partial charge in [-0.15, -0.1) is 0 Å². The number of nitrogens with one attached hydrogen (secondary N) is 1. The summed E-state index contributed by atoms with van der Waals surface area (Å²) in [5, 5.41) is 14.0. The lowest BCUT2D eigenvalue weighted by Crippen LogP contribution is -2.22. The first kappa shape index (κ1) is 15.4. The van der Waals surface area contributed by atoms with Crippen LogP contribution in [0.1, 0.15) is 26.3 Å². The van der Waals surface area contributed by atoms with Gasteiger partial charge in [0.25, 0.3) is 5.69 Å². The highest BCUT2D eigenvalue weighted by Gasteiger charge is 2.12. The number of nitro groups is 1. The van der Waals surface area contributed by atoms with Crippen LogP contribution in [0, 0.1) is 10.1 Å². The molecular weight excluding hydrogens is 248 g/mol. The van der Waals surface area contributed by atoms with Crippen LogP contribution in [0.4, 0.5) is 5.69 Å². The van der Waals surface area contributed by atoms with Gasteiger partial charge >= 0.3 is 0 Å². The quantitative estimate of drug-likeness (QED) is 0.339. The average molecular weight is 268 g/mol. The van der Waals surface area contributed by atoms with Gasteiger partial charge in [0.15, 0.2) is 6.79 Å². The van der Waals surface area contributed by atoms with Gasteiger partial charge in [-0.2, -0.15) is 0 Å². The third-order valence-corrected chi connectivity index (χ3v) is 2.46. The third kappa shape index (κ3) is 5.23. The second-order valence-electron chi connectivity index (χ2n) is 4.34. The van der Waals surface area contributed by atoms with E-state index in [0.717, 1.165) is 5.56 Å². The highest BCUT2D eigenvalue weighted by Crippen LogP contribution is 2.24. The van der Waals surface area contributed by atoms with Crippen molar-refractivity contribution in [1.29, 1.82) is 0 Å². The maximum absolute atomic E-state index is 10.8. The molecule has 0 aliphatic rings. The number of nitro benzene ring substituents is 1. The second-order valence-corrected chi connectivity index (χ2v) is 4.34. The summed E-state index contributed by atoms with van der Waals surface area (Å²) in [6.07, 6.45) is 0. The molecule has 1 N–H and O–H groups in total. The van der Waals surface area contributed by atoms with Crippen molar-refractivity contribution in [2.75, 3.05) is 13.4 Å².